The number of aliphatic hydroxyl groups is 1. The molecule has 10 heteroatoms. The molecule has 35 heavy (non-hydrogen) atoms. The molecule has 10 nitrogen and oxygen atoms in total. The molecular formula is C25H37N5O5. The van der Waals surface area contributed by atoms with Crippen LogP contribution in [0.15, 0.2) is 18.3 Å². The van der Waals surface area contributed by atoms with Gasteiger partial charge >= 0.3 is 6.09 Å². The lowest BCUT2D eigenvalue weighted by Gasteiger charge is -2.39. The molecule has 3 saturated heterocycles. The normalized spacial score (nSPS) is 24.2. The molecule has 0 spiro atoms. The minimum Gasteiger partial charge on any atom is -0.444 e. The first-order valence-corrected chi connectivity index (χ1v) is 12.6. The van der Waals surface area contributed by atoms with Crippen LogP contribution in [-0.4, -0.2) is 88.9 Å². The maximum absolute atomic E-state index is 13.1. The summed E-state index contributed by atoms with van der Waals surface area (Å²) >= 11 is 0. The van der Waals surface area contributed by atoms with Gasteiger partial charge in [0.15, 0.2) is 0 Å². The van der Waals surface area contributed by atoms with Crippen molar-refractivity contribution in [3.8, 4) is 0 Å². The number of piperazine rings is 1. The Morgan fingerprint density at radius 1 is 1.00 bits per heavy atom. The number of aromatic nitrogens is 1. The van der Waals surface area contributed by atoms with Crippen LogP contribution in [0.5, 0.6) is 0 Å². The van der Waals surface area contributed by atoms with E-state index in [2.05, 4.69) is 15.2 Å². The minimum atomic E-state index is -0.760. The van der Waals surface area contributed by atoms with Gasteiger partial charge in [0.2, 0.25) is 11.8 Å². The first-order chi connectivity index (χ1) is 16.6. The van der Waals surface area contributed by atoms with E-state index in [4.69, 9.17) is 4.74 Å². The van der Waals surface area contributed by atoms with E-state index >= 15 is 0 Å². The van der Waals surface area contributed by atoms with Gasteiger partial charge in [0.05, 0.1) is 5.92 Å². The van der Waals surface area contributed by atoms with Crippen LogP contribution in [-0.2, 0) is 14.3 Å². The van der Waals surface area contributed by atoms with Gasteiger partial charge in [-0.3, -0.25) is 9.59 Å². The molecule has 192 valence electrons. The van der Waals surface area contributed by atoms with Gasteiger partial charge in [-0.05, 0) is 58.1 Å². The predicted octanol–water partition coefficient (Wildman–Crippen LogP) is 1.69. The van der Waals surface area contributed by atoms with Crippen molar-refractivity contribution in [1.29, 1.82) is 0 Å². The molecule has 2 atom stereocenters. The minimum absolute atomic E-state index is 0.0176. The highest BCUT2D eigenvalue weighted by Gasteiger charge is 2.33. The van der Waals surface area contributed by atoms with Gasteiger partial charge in [0, 0.05) is 51.4 Å². The molecule has 3 aliphatic rings. The molecule has 3 aliphatic heterocycles. The topological polar surface area (TPSA) is 115 Å². The van der Waals surface area contributed by atoms with Gasteiger partial charge in [-0.15, -0.1) is 0 Å². The molecule has 3 amide bonds. The Morgan fingerprint density at radius 3 is 2.23 bits per heavy atom. The van der Waals surface area contributed by atoms with Crippen molar-refractivity contribution in [2.24, 2.45) is 5.92 Å². The summed E-state index contributed by atoms with van der Waals surface area (Å²) < 4.78 is 5.44. The number of nitrogens with zero attached hydrogens (tertiary/aromatic N) is 4. The van der Waals surface area contributed by atoms with Gasteiger partial charge in [0.25, 0.3) is 0 Å². The quantitative estimate of drug-likeness (QED) is 0.667. The standard InChI is InChI=1S/C25H37N5O5/c1-25(2,3)35-24(34)30-14-12-29(13-15-30)23(33)17-8-10-28(11-9-17)20-6-4-18(16-26-20)19-5-7-21(31)27-22(19)32/h4,6,16-17,19,21,31H,5,7-15H2,1-3H3,(H,27,32). The van der Waals surface area contributed by atoms with Crippen LogP contribution in [0.1, 0.15) is 57.9 Å². The zero-order valence-electron chi connectivity index (χ0n) is 20.9. The number of carbonyl (C=O) groups excluding carboxylic acids is 3. The Morgan fingerprint density at radius 2 is 1.66 bits per heavy atom. The fraction of sp³-hybridized carbons (Fsp3) is 0.680. The number of amides is 3. The van der Waals surface area contributed by atoms with Gasteiger partial charge in [-0.1, -0.05) is 6.07 Å². The number of hydrogen-bond acceptors (Lipinski definition) is 7. The number of anilines is 1. The zero-order chi connectivity index (χ0) is 25.2. The molecule has 4 heterocycles. The van der Waals surface area contributed by atoms with Crippen LogP contribution >= 0.6 is 0 Å². The lowest BCUT2D eigenvalue weighted by atomic mass is 9.91. The van der Waals surface area contributed by atoms with Crippen molar-refractivity contribution in [1.82, 2.24) is 20.1 Å². The maximum atomic E-state index is 13.1. The summed E-state index contributed by atoms with van der Waals surface area (Å²) in [6.45, 7) is 9.10. The number of ether oxygens (including phenoxy) is 1. The summed E-state index contributed by atoms with van der Waals surface area (Å²) in [7, 11) is 0. The van der Waals surface area contributed by atoms with Crippen molar-refractivity contribution in [3.63, 3.8) is 0 Å². The summed E-state index contributed by atoms with van der Waals surface area (Å²) in [5.41, 5.74) is 0.329. The molecule has 1 aromatic rings. The third-order valence-corrected chi connectivity index (χ3v) is 6.94. The average Bonchev–Trinajstić information content (AvgIpc) is 2.83. The smallest absolute Gasteiger partial charge is 0.410 e. The first kappa shape index (κ1) is 25.2. The van der Waals surface area contributed by atoms with Crippen LogP contribution < -0.4 is 10.2 Å². The molecule has 0 bridgehead atoms. The van der Waals surface area contributed by atoms with E-state index in [-0.39, 0.29) is 29.7 Å². The van der Waals surface area contributed by atoms with Gasteiger partial charge < -0.3 is 29.9 Å². The number of pyridine rings is 1. The number of aliphatic hydroxyl groups excluding tert-OH is 1. The van der Waals surface area contributed by atoms with Crippen LogP contribution in [0.4, 0.5) is 10.6 Å². The average molecular weight is 488 g/mol. The van der Waals surface area contributed by atoms with Crippen molar-refractivity contribution >= 4 is 23.7 Å². The van der Waals surface area contributed by atoms with E-state index in [0.717, 1.165) is 37.3 Å². The highest BCUT2D eigenvalue weighted by Crippen LogP contribution is 2.28. The number of rotatable bonds is 3. The Hall–Kier alpha value is -2.88. The molecule has 0 saturated carbocycles. The van der Waals surface area contributed by atoms with Gasteiger partial charge in [-0.25, -0.2) is 9.78 Å². The maximum Gasteiger partial charge on any atom is 0.410 e. The van der Waals surface area contributed by atoms with Crippen molar-refractivity contribution in [3.05, 3.63) is 23.9 Å². The lowest BCUT2D eigenvalue weighted by Crippen LogP contribution is -2.53. The lowest BCUT2D eigenvalue weighted by molar-refractivity contribution is -0.138. The van der Waals surface area contributed by atoms with Crippen LogP contribution in [0.3, 0.4) is 0 Å². The van der Waals surface area contributed by atoms with E-state index in [9.17, 15) is 19.5 Å². The molecule has 2 unspecified atom stereocenters. The zero-order valence-corrected chi connectivity index (χ0v) is 20.9. The molecule has 2 N–H and O–H groups in total. The second-order valence-electron chi connectivity index (χ2n) is 10.7. The SMILES string of the molecule is CC(C)(C)OC(=O)N1CCN(C(=O)C2CCN(c3ccc(C4CCC(O)NC4=O)cn3)CC2)CC1. The summed E-state index contributed by atoms with van der Waals surface area (Å²) in [5, 5.41) is 12.2. The summed E-state index contributed by atoms with van der Waals surface area (Å²) in [4.78, 5) is 47.8. The fourth-order valence-electron chi connectivity index (χ4n) is 4.95. The fourth-order valence-corrected chi connectivity index (χ4v) is 4.95. The summed E-state index contributed by atoms with van der Waals surface area (Å²) in [6.07, 6.45) is 3.33. The Labute approximate surface area is 206 Å². The predicted molar refractivity (Wildman–Crippen MR) is 130 cm³/mol. The Balaban J connectivity index is 1.24. The third-order valence-electron chi connectivity index (χ3n) is 6.94. The molecule has 0 radical (unpaired) electrons. The van der Waals surface area contributed by atoms with Crippen molar-refractivity contribution < 1.29 is 24.2 Å². The third kappa shape index (κ3) is 6.22. The number of nitrogens with one attached hydrogen (secondary N) is 1. The second kappa shape index (κ2) is 10.4. The second-order valence-corrected chi connectivity index (χ2v) is 10.7. The van der Waals surface area contributed by atoms with Crippen LogP contribution in [0, 0.1) is 5.92 Å². The number of hydrogen-bond donors (Lipinski definition) is 2. The van der Waals surface area contributed by atoms with Gasteiger partial charge in [-0.2, -0.15) is 0 Å². The Kier molecular flexibility index (Phi) is 7.49. The Bertz CT molecular complexity index is 915. The van der Waals surface area contributed by atoms with E-state index in [0.29, 0.717) is 39.0 Å². The highest BCUT2D eigenvalue weighted by atomic mass is 16.6. The molecule has 4 rings (SSSR count). The van der Waals surface area contributed by atoms with E-state index in [1.165, 1.54) is 0 Å². The van der Waals surface area contributed by atoms with E-state index < -0.39 is 11.8 Å². The molecule has 0 aromatic carbocycles. The molecule has 3 fully saturated rings. The number of carbonyl (C=O) groups is 3. The summed E-state index contributed by atoms with van der Waals surface area (Å²) in [5.74, 6) is 0.559. The van der Waals surface area contributed by atoms with Crippen molar-refractivity contribution in [2.45, 2.75) is 64.2 Å². The van der Waals surface area contributed by atoms with Crippen LogP contribution in [0.25, 0.3) is 0 Å². The van der Waals surface area contributed by atoms with E-state index in [1.54, 1.807) is 11.1 Å². The first-order valence-electron chi connectivity index (χ1n) is 12.6. The molecular weight excluding hydrogens is 450 g/mol. The highest BCUT2D eigenvalue weighted by molar-refractivity contribution is 5.84. The molecule has 1 aromatic heterocycles. The largest absolute Gasteiger partial charge is 0.444 e. The molecule has 0 aliphatic carbocycles. The van der Waals surface area contributed by atoms with E-state index in [1.807, 2.05) is 37.8 Å². The monoisotopic (exact) mass is 487 g/mol. The van der Waals surface area contributed by atoms with Crippen molar-refractivity contribution in [2.75, 3.05) is 44.2 Å². The van der Waals surface area contributed by atoms with Crippen LogP contribution in [0.2, 0.25) is 0 Å². The number of piperidine rings is 2. The summed E-state index contributed by atoms with van der Waals surface area (Å²) in [6, 6.07) is 3.87. The van der Waals surface area contributed by atoms with Gasteiger partial charge in [0.1, 0.15) is 17.6 Å².